The van der Waals surface area contributed by atoms with Gasteiger partial charge in [-0.05, 0) is 39.7 Å². The van der Waals surface area contributed by atoms with Gasteiger partial charge in [0.1, 0.15) is 0 Å². The summed E-state index contributed by atoms with van der Waals surface area (Å²) in [5, 5.41) is 9.52. The summed E-state index contributed by atoms with van der Waals surface area (Å²) in [5.74, 6) is 0. The summed E-state index contributed by atoms with van der Waals surface area (Å²) in [6, 6.07) is 0.795. The van der Waals surface area contributed by atoms with E-state index in [1.165, 1.54) is 11.1 Å². The van der Waals surface area contributed by atoms with Gasteiger partial charge in [-0.1, -0.05) is 0 Å². The summed E-state index contributed by atoms with van der Waals surface area (Å²) in [7, 11) is 0. The fraction of sp³-hybridized carbons (Fsp3) is 0.625. The summed E-state index contributed by atoms with van der Waals surface area (Å²) >= 11 is 0. The highest BCUT2D eigenvalue weighted by Gasteiger charge is 2.36. The predicted molar refractivity (Wildman–Crippen MR) is 84.1 cm³/mol. The minimum Gasteiger partial charge on any atom is -0.465 e. The largest absolute Gasteiger partial charge is 0.465 e. The molecule has 1 atom stereocenters. The van der Waals surface area contributed by atoms with Crippen molar-refractivity contribution in [2.24, 2.45) is 0 Å². The molecular formula is C16H22F3N3O2. The molecule has 1 aliphatic heterocycles. The maximum Gasteiger partial charge on any atom is 0.417 e. The van der Waals surface area contributed by atoms with Gasteiger partial charge in [0.25, 0.3) is 0 Å². The lowest BCUT2D eigenvalue weighted by Gasteiger charge is -2.44. The quantitative estimate of drug-likeness (QED) is 0.885. The molecule has 0 unspecified atom stereocenters. The monoisotopic (exact) mass is 345 g/mol. The first-order valence-electron chi connectivity index (χ1n) is 7.79. The van der Waals surface area contributed by atoms with Crippen LogP contribution >= 0.6 is 0 Å². The van der Waals surface area contributed by atoms with Crippen LogP contribution in [0.5, 0.6) is 0 Å². The van der Waals surface area contributed by atoms with Crippen molar-refractivity contribution in [2.45, 2.75) is 51.4 Å². The number of hydrogen-bond donors (Lipinski definition) is 1. The first-order valence-corrected chi connectivity index (χ1v) is 7.79. The molecule has 1 N–H and O–H groups in total. The smallest absolute Gasteiger partial charge is 0.417 e. The van der Waals surface area contributed by atoms with Gasteiger partial charge in [0.05, 0.1) is 23.5 Å². The van der Waals surface area contributed by atoms with Gasteiger partial charge < -0.3 is 10.0 Å². The number of carbonyl (C=O) groups is 1. The van der Waals surface area contributed by atoms with Crippen molar-refractivity contribution in [3.8, 4) is 0 Å². The van der Waals surface area contributed by atoms with Gasteiger partial charge in [0, 0.05) is 24.8 Å². The Kier molecular flexibility index (Phi) is 4.96. The maximum atomic E-state index is 12.9. The van der Waals surface area contributed by atoms with Crippen LogP contribution in [0.15, 0.2) is 18.5 Å². The molecule has 1 aromatic rings. The van der Waals surface area contributed by atoms with E-state index in [-0.39, 0.29) is 6.04 Å². The summed E-state index contributed by atoms with van der Waals surface area (Å²) in [5.41, 5.74) is -1.01. The number of rotatable bonds is 2. The number of anilines is 1. The van der Waals surface area contributed by atoms with E-state index in [2.05, 4.69) is 4.98 Å². The Morgan fingerprint density at radius 3 is 2.54 bits per heavy atom. The predicted octanol–water partition coefficient (Wildman–Crippen LogP) is 3.85. The second-order valence-corrected chi connectivity index (χ2v) is 7.00. The third-order valence-corrected chi connectivity index (χ3v) is 4.11. The molecule has 2 rings (SSSR count). The summed E-state index contributed by atoms with van der Waals surface area (Å²) < 4.78 is 38.6. The van der Waals surface area contributed by atoms with Gasteiger partial charge in [-0.15, -0.1) is 0 Å². The van der Waals surface area contributed by atoms with Crippen molar-refractivity contribution < 1.29 is 23.1 Å². The Hall–Kier alpha value is -1.99. The van der Waals surface area contributed by atoms with E-state index in [9.17, 15) is 23.1 Å². The Labute approximate surface area is 139 Å². The molecule has 1 saturated heterocycles. The molecule has 8 heteroatoms. The molecule has 0 radical (unpaired) electrons. The Balaban J connectivity index is 2.23. The van der Waals surface area contributed by atoms with Crippen LogP contribution in [0.25, 0.3) is 0 Å². The minimum absolute atomic E-state index is 0.272. The lowest BCUT2D eigenvalue weighted by atomic mass is 9.97. The molecule has 0 bridgehead atoms. The SMILES string of the molecule is CC(C)(C)N(C(=O)O)[C@@H]1CCCN(c2cncc(C(F)(F)F)c2)C1. The summed E-state index contributed by atoms with van der Waals surface area (Å²) in [6.07, 6.45) is -1.88. The van der Waals surface area contributed by atoms with E-state index in [1.807, 2.05) is 20.8 Å². The molecule has 1 aliphatic rings. The third kappa shape index (κ3) is 4.10. The molecule has 0 saturated carbocycles. The molecule has 2 heterocycles. The molecule has 0 aliphatic carbocycles. The molecule has 0 aromatic carbocycles. The minimum atomic E-state index is -4.45. The number of carboxylic acid groups (broad SMARTS) is 1. The van der Waals surface area contributed by atoms with Crippen molar-refractivity contribution in [1.82, 2.24) is 9.88 Å². The number of nitrogens with zero attached hydrogens (tertiary/aromatic N) is 3. The van der Waals surface area contributed by atoms with Gasteiger partial charge in [0.15, 0.2) is 0 Å². The van der Waals surface area contributed by atoms with Gasteiger partial charge in [-0.25, -0.2) is 4.79 Å². The van der Waals surface area contributed by atoms with E-state index in [0.29, 0.717) is 31.6 Å². The van der Waals surface area contributed by atoms with Crippen LogP contribution in [-0.2, 0) is 6.18 Å². The van der Waals surface area contributed by atoms with Crippen LogP contribution in [0.4, 0.5) is 23.7 Å². The molecule has 1 aromatic heterocycles. The molecule has 5 nitrogen and oxygen atoms in total. The molecule has 1 fully saturated rings. The van der Waals surface area contributed by atoms with Gasteiger partial charge in [-0.3, -0.25) is 9.88 Å². The van der Waals surface area contributed by atoms with Crippen LogP contribution < -0.4 is 4.90 Å². The topological polar surface area (TPSA) is 56.7 Å². The van der Waals surface area contributed by atoms with Crippen molar-refractivity contribution in [1.29, 1.82) is 0 Å². The fourth-order valence-electron chi connectivity index (χ4n) is 3.15. The van der Waals surface area contributed by atoms with Crippen molar-refractivity contribution >= 4 is 11.8 Å². The second-order valence-electron chi connectivity index (χ2n) is 7.00. The molecule has 0 spiro atoms. The molecule has 134 valence electrons. The van der Waals surface area contributed by atoms with Crippen LogP contribution in [0, 0.1) is 0 Å². The standard InChI is InChI=1S/C16H22F3N3O2/c1-15(2,3)22(14(23)24)12-5-4-6-21(10-12)13-7-11(8-20-9-13)16(17,18)19/h7-9,12H,4-6,10H2,1-3H3,(H,23,24)/t12-/m1/s1. The molecule has 24 heavy (non-hydrogen) atoms. The Bertz CT molecular complexity index is 599. The summed E-state index contributed by atoms with van der Waals surface area (Å²) in [6.45, 7) is 6.37. The highest BCUT2D eigenvalue weighted by Crippen LogP contribution is 2.32. The van der Waals surface area contributed by atoms with Crippen LogP contribution in [0.3, 0.4) is 0 Å². The number of piperidine rings is 1. The van der Waals surface area contributed by atoms with E-state index >= 15 is 0 Å². The first-order chi connectivity index (χ1) is 11.0. The van der Waals surface area contributed by atoms with E-state index in [0.717, 1.165) is 12.3 Å². The highest BCUT2D eigenvalue weighted by molar-refractivity contribution is 5.66. The maximum absolute atomic E-state index is 12.9. The average molecular weight is 345 g/mol. The van der Waals surface area contributed by atoms with Crippen LogP contribution in [0.1, 0.15) is 39.2 Å². The second kappa shape index (κ2) is 6.49. The van der Waals surface area contributed by atoms with E-state index in [1.54, 1.807) is 4.90 Å². The average Bonchev–Trinajstić information content (AvgIpc) is 2.45. The number of pyridine rings is 1. The van der Waals surface area contributed by atoms with E-state index in [4.69, 9.17) is 0 Å². The van der Waals surface area contributed by atoms with Crippen molar-refractivity contribution in [3.05, 3.63) is 24.0 Å². The number of alkyl halides is 3. The fourth-order valence-corrected chi connectivity index (χ4v) is 3.15. The zero-order valence-corrected chi connectivity index (χ0v) is 14.0. The zero-order chi connectivity index (χ0) is 18.1. The van der Waals surface area contributed by atoms with Gasteiger partial charge in [-0.2, -0.15) is 13.2 Å². The third-order valence-electron chi connectivity index (χ3n) is 4.11. The Morgan fingerprint density at radius 1 is 1.33 bits per heavy atom. The zero-order valence-electron chi connectivity index (χ0n) is 14.0. The van der Waals surface area contributed by atoms with Gasteiger partial charge >= 0.3 is 12.3 Å². The van der Waals surface area contributed by atoms with Crippen molar-refractivity contribution in [3.63, 3.8) is 0 Å². The first kappa shape index (κ1) is 18.4. The van der Waals surface area contributed by atoms with Gasteiger partial charge in [0.2, 0.25) is 0 Å². The lowest BCUT2D eigenvalue weighted by molar-refractivity contribution is -0.137. The lowest BCUT2D eigenvalue weighted by Crippen LogP contribution is -2.56. The van der Waals surface area contributed by atoms with Crippen LogP contribution in [-0.4, -0.2) is 45.8 Å². The Morgan fingerprint density at radius 2 is 2.00 bits per heavy atom. The van der Waals surface area contributed by atoms with E-state index < -0.39 is 23.4 Å². The summed E-state index contributed by atoms with van der Waals surface area (Å²) in [4.78, 5) is 18.5. The highest BCUT2D eigenvalue weighted by atomic mass is 19.4. The number of aromatic nitrogens is 1. The number of halogens is 3. The molecular weight excluding hydrogens is 323 g/mol. The number of amides is 1. The molecule has 1 amide bonds. The van der Waals surface area contributed by atoms with Crippen molar-refractivity contribution in [2.75, 3.05) is 18.0 Å². The normalized spacial score (nSPS) is 19.2. The number of hydrogen-bond acceptors (Lipinski definition) is 3. The van der Waals surface area contributed by atoms with Crippen LogP contribution in [0.2, 0.25) is 0 Å².